The summed E-state index contributed by atoms with van der Waals surface area (Å²) in [6.45, 7) is 3.71. The SMILES string of the molecule is CC(C)[C@H](NC=O)Nc1nc(Nc2ccc3ncccc3c2)c(C(N)=O)cc1F. The Balaban J connectivity index is 1.98. The highest BCUT2D eigenvalue weighted by Gasteiger charge is 2.20. The molecule has 2 heterocycles. The number of rotatable bonds is 8. The Morgan fingerprint density at radius 3 is 2.69 bits per heavy atom. The number of aromatic nitrogens is 2. The van der Waals surface area contributed by atoms with E-state index in [2.05, 4.69) is 25.9 Å². The molecule has 29 heavy (non-hydrogen) atoms. The predicted octanol–water partition coefficient (Wildman–Crippen LogP) is 2.75. The van der Waals surface area contributed by atoms with Crippen LogP contribution in [-0.4, -0.2) is 28.5 Å². The van der Waals surface area contributed by atoms with Gasteiger partial charge in [-0.25, -0.2) is 9.37 Å². The molecule has 0 saturated carbocycles. The van der Waals surface area contributed by atoms with Crippen LogP contribution >= 0.6 is 0 Å². The molecule has 8 nitrogen and oxygen atoms in total. The van der Waals surface area contributed by atoms with Gasteiger partial charge in [0, 0.05) is 17.3 Å². The Morgan fingerprint density at radius 1 is 1.21 bits per heavy atom. The third kappa shape index (κ3) is 4.57. The smallest absolute Gasteiger partial charge is 0.252 e. The van der Waals surface area contributed by atoms with Gasteiger partial charge in [-0.05, 0) is 36.2 Å². The molecule has 0 aliphatic rings. The van der Waals surface area contributed by atoms with E-state index in [4.69, 9.17) is 5.73 Å². The summed E-state index contributed by atoms with van der Waals surface area (Å²) in [6.07, 6.45) is 1.67. The third-order valence-electron chi connectivity index (χ3n) is 4.31. The first-order valence-corrected chi connectivity index (χ1v) is 8.97. The minimum atomic E-state index is -0.820. The summed E-state index contributed by atoms with van der Waals surface area (Å²) < 4.78 is 14.5. The maximum atomic E-state index is 14.5. The van der Waals surface area contributed by atoms with E-state index < -0.39 is 17.9 Å². The van der Waals surface area contributed by atoms with Crippen molar-refractivity contribution in [1.29, 1.82) is 0 Å². The van der Waals surface area contributed by atoms with E-state index in [1.165, 1.54) is 0 Å². The fraction of sp³-hybridized carbons (Fsp3) is 0.200. The summed E-state index contributed by atoms with van der Waals surface area (Å²) in [7, 11) is 0. The number of nitrogens with one attached hydrogen (secondary N) is 3. The lowest BCUT2D eigenvalue weighted by atomic mass is 10.1. The van der Waals surface area contributed by atoms with Gasteiger partial charge in [0.1, 0.15) is 12.0 Å². The molecular formula is C20H21FN6O2. The van der Waals surface area contributed by atoms with E-state index in [0.29, 0.717) is 12.1 Å². The number of primary amides is 1. The zero-order chi connectivity index (χ0) is 21.0. The van der Waals surface area contributed by atoms with Gasteiger partial charge in [-0.2, -0.15) is 0 Å². The molecule has 0 spiro atoms. The van der Waals surface area contributed by atoms with Crippen molar-refractivity contribution in [3.63, 3.8) is 0 Å². The van der Waals surface area contributed by atoms with Gasteiger partial charge in [0.2, 0.25) is 6.41 Å². The molecule has 5 N–H and O–H groups in total. The van der Waals surface area contributed by atoms with Gasteiger partial charge in [-0.3, -0.25) is 14.6 Å². The molecule has 3 aromatic rings. The maximum Gasteiger partial charge on any atom is 0.252 e. The van der Waals surface area contributed by atoms with Crippen molar-refractivity contribution in [2.45, 2.75) is 20.0 Å². The van der Waals surface area contributed by atoms with E-state index in [1.54, 1.807) is 12.3 Å². The molecule has 150 valence electrons. The highest BCUT2D eigenvalue weighted by molar-refractivity contribution is 5.99. The molecule has 0 radical (unpaired) electrons. The van der Waals surface area contributed by atoms with E-state index in [1.807, 2.05) is 38.1 Å². The van der Waals surface area contributed by atoms with Crippen molar-refractivity contribution in [2.75, 3.05) is 10.6 Å². The first kappa shape index (κ1) is 20.0. The second-order valence-electron chi connectivity index (χ2n) is 6.77. The average Bonchev–Trinajstić information content (AvgIpc) is 2.69. The average molecular weight is 396 g/mol. The predicted molar refractivity (Wildman–Crippen MR) is 109 cm³/mol. The number of hydrogen-bond acceptors (Lipinski definition) is 6. The monoisotopic (exact) mass is 396 g/mol. The molecule has 0 unspecified atom stereocenters. The number of halogens is 1. The van der Waals surface area contributed by atoms with Crippen LogP contribution in [0, 0.1) is 11.7 Å². The lowest BCUT2D eigenvalue weighted by molar-refractivity contribution is -0.110. The van der Waals surface area contributed by atoms with Crippen LogP contribution in [0.25, 0.3) is 10.9 Å². The Hall–Kier alpha value is -3.75. The van der Waals surface area contributed by atoms with Gasteiger partial charge in [-0.15, -0.1) is 0 Å². The number of nitrogens with zero attached hydrogens (tertiary/aromatic N) is 2. The molecule has 3 rings (SSSR count). The molecule has 2 amide bonds. The summed E-state index contributed by atoms with van der Waals surface area (Å²) in [5.74, 6) is -1.64. The summed E-state index contributed by atoms with van der Waals surface area (Å²) in [5, 5.41) is 9.30. The van der Waals surface area contributed by atoms with E-state index in [9.17, 15) is 14.0 Å². The third-order valence-corrected chi connectivity index (χ3v) is 4.31. The van der Waals surface area contributed by atoms with Gasteiger partial charge in [0.25, 0.3) is 5.91 Å². The van der Waals surface area contributed by atoms with Crippen LogP contribution in [-0.2, 0) is 4.79 Å². The molecule has 0 saturated heterocycles. The largest absolute Gasteiger partial charge is 0.365 e. The van der Waals surface area contributed by atoms with Crippen molar-refractivity contribution in [3.05, 3.63) is 54.0 Å². The van der Waals surface area contributed by atoms with Crippen LogP contribution in [0.2, 0.25) is 0 Å². The number of nitrogens with two attached hydrogens (primary N) is 1. The van der Waals surface area contributed by atoms with E-state index in [-0.39, 0.29) is 23.1 Å². The highest BCUT2D eigenvalue weighted by atomic mass is 19.1. The molecule has 1 aromatic carbocycles. The minimum absolute atomic E-state index is 0.0402. The second kappa shape index (κ2) is 8.51. The number of pyridine rings is 2. The molecule has 9 heteroatoms. The van der Waals surface area contributed by atoms with Crippen molar-refractivity contribution >= 4 is 40.5 Å². The van der Waals surface area contributed by atoms with Gasteiger partial charge in [0.05, 0.1) is 11.1 Å². The fourth-order valence-corrected chi connectivity index (χ4v) is 2.78. The zero-order valence-corrected chi connectivity index (χ0v) is 15.9. The Morgan fingerprint density at radius 2 is 2.00 bits per heavy atom. The Bertz CT molecular complexity index is 1060. The molecule has 0 bridgehead atoms. The number of amides is 2. The first-order valence-electron chi connectivity index (χ1n) is 8.97. The van der Waals surface area contributed by atoms with Crippen molar-refractivity contribution in [1.82, 2.24) is 15.3 Å². The second-order valence-corrected chi connectivity index (χ2v) is 6.77. The highest BCUT2D eigenvalue weighted by Crippen LogP contribution is 2.26. The van der Waals surface area contributed by atoms with Crippen LogP contribution < -0.4 is 21.7 Å². The number of hydrogen-bond donors (Lipinski definition) is 4. The van der Waals surface area contributed by atoms with Gasteiger partial charge in [-0.1, -0.05) is 19.9 Å². The van der Waals surface area contributed by atoms with Crippen LogP contribution in [0.4, 0.5) is 21.7 Å². The molecular weight excluding hydrogens is 375 g/mol. The van der Waals surface area contributed by atoms with Crippen LogP contribution in [0.3, 0.4) is 0 Å². The van der Waals surface area contributed by atoms with Crippen molar-refractivity contribution in [2.24, 2.45) is 11.7 Å². The molecule has 0 aliphatic heterocycles. The lowest BCUT2D eigenvalue weighted by Crippen LogP contribution is -2.40. The topological polar surface area (TPSA) is 122 Å². The fourth-order valence-electron chi connectivity index (χ4n) is 2.78. The van der Waals surface area contributed by atoms with Gasteiger partial charge < -0.3 is 21.7 Å². The maximum absolute atomic E-state index is 14.5. The lowest BCUT2D eigenvalue weighted by Gasteiger charge is -2.23. The molecule has 0 aliphatic carbocycles. The zero-order valence-electron chi connectivity index (χ0n) is 15.9. The summed E-state index contributed by atoms with van der Waals surface area (Å²) in [6, 6.07) is 10.1. The molecule has 2 aromatic heterocycles. The number of carbonyl (C=O) groups is 2. The number of benzene rings is 1. The van der Waals surface area contributed by atoms with Crippen LogP contribution in [0.5, 0.6) is 0 Å². The molecule has 0 fully saturated rings. The minimum Gasteiger partial charge on any atom is -0.365 e. The van der Waals surface area contributed by atoms with Crippen LogP contribution in [0.15, 0.2) is 42.6 Å². The summed E-state index contributed by atoms with van der Waals surface area (Å²) in [4.78, 5) is 31.1. The normalized spacial score (nSPS) is 11.9. The summed E-state index contributed by atoms with van der Waals surface area (Å²) in [5.41, 5.74) is 6.74. The van der Waals surface area contributed by atoms with Crippen molar-refractivity contribution in [3.8, 4) is 0 Å². The Labute approximate surface area is 166 Å². The Kier molecular flexibility index (Phi) is 5.87. The standard InChI is InChI=1S/C20H21FN6O2/c1-11(2)18(24-10-28)26-20-15(21)9-14(17(22)29)19(27-20)25-13-5-6-16-12(8-13)4-3-7-23-16/h3-11,18H,1-2H3,(H2,22,29)(H,24,28)(H2,25,26,27)/t18-/m1/s1. The van der Waals surface area contributed by atoms with E-state index >= 15 is 0 Å². The van der Waals surface area contributed by atoms with Crippen molar-refractivity contribution < 1.29 is 14.0 Å². The number of fused-ring (bicyclic) bond motifs is 1. The van der Waals surface area contributed by atoms with Crippen LogP contribution in [0.1, 0.15) is 24.2 Å². The van der Waals surface area contributed by atoms with Gasteiger partial charge in [0.15, 0.2) is 11.6 Å². The quantitative estimate of drug-likeness (QED) is 0.343. The van der Waals surface area contributed by atoms with E-state index in [0.717, 1.165) is 17.0 Å². The number of carbonyl (C=O) groups excluding carboxylic acids is 2. The summed E-state index contributed by atoms with van der Waals surface area (Å²) >= 11 is 0. The first-order chi connectivity index (χ1) is 13.9. The van der Waals surface area contributed by atoms with Gasteiger partial charge >= 0.3 is 0 Å². The number of anilines is 3. The molecule has 1 atom stereocenters.